The van der Waals surface area contributed by atoms with Crippen molar-refractivity contribution in [2.75, 3.05) is 46.3 Å². The molecule has 0 bridgehead atoms. The summed E-state index contributed by atoms with van der Waals surface area (Å²) in [6.45, 7) is 8.47. The van der Waals surface area contributed by atoms with E-state index in [1.807, 2.05) is 47.1 Å². The first-order valence-electron chi connectivity index (χ1n) is 10.9. The van der Waals surface area contributed by atoms with Gasteiger partial charge in [-0.3, -0.25) is 4.79 Å². The van der Waals surface area contributed by atoms with E-state index in [2.05, 4.69) is 34.1 Å². The van der Waals surface area contributed by atoms with E-state index in [1.54, 1.807) is 6.07 Å². The largest absolute Gasteiger partial charge is 0.486 e. The van der Waals surface area contributed by atoms with Crippen molar-refractivity contribution < 1.29 is 9.53 Å². The van der Waals surface area contributed by atoms with Gasteiger partial charge >= 0.3 is 0 Å². The quantitative estimate of drug-likeness (QED) is 0.567. The number of para-hydroxylation sites is 1. The highest BCUT2D eigenvalue weighted by atomic mass is 16.5. The van der Waals surface area contributed by atoms with Gasteiger partial charge < -0.3 is 24.3 Å². The molecule has 7 heteroatoms. The summed E-state index contributed by atoms with van der Waals surface area (Å²) in [5.74, 6) is 0.479. The lowest BCUT2D eigenvalue weighted by molar-refractivity contribution is 0.0945. The Bertz CT molecular complexity index is 1020. The standard InChI is InChI=1S/C24H31N5O2/c1-19-8-9-23-26-20(17-29(23)16-19)18-31-22-7-4-3-6-21(22)24(30)25-10-5-11-28-14-12-27(2)13-15-28/h3-4,6-9,16-17H,5,10-15,18H2,1-2H3,(H,25,30). The molecule has 0 unspecified atom stereocenters. The minimum atomic E-state index is -0.0976. The third-order valence-electron chi connectivity index (χ3n) is 5.69. The summed E-state index contributed by atoms with van der Waals surface area (Å²) in [4.78, 5) is 22.1. The lowest BCUT2D eigenvalue weighted by atomic mass is 10.2. The molecular formula is C24H31N5O2. The van der Waals surface area contributed by atoms with Crippen molar-refractivity contribution >= 4 is 11.6 Å². The van der Waals surface area contributed by atoms with Gasteiger partial charge in [-0.1, -0.05) is 18.2 Å². The molecule has 0 radical (unpaired) electrons. The molecular weight excluding hydrogens is 390 g/mol. The van der Waals surface area contributed by atoms with Crippen molar-refractivity contribution in [1.29, 1.82) is 0 Å². The zero-order valence-corrected chi connectivity index (χ0v) is 18.4. The lowest BCUT2D eigenvalue weighted by Gasteiger charge is -2.32. The van der Waals surface area contributed by atoms with E-state index in [0.717, 1.165) is 50.5 Å². The van der Waals surface area contributed by atoms with Gasteiger partial charge in [0.15, 0.2) is 0 Å². The normalized spacial score (nSPS) is 15.3. The number of carbonyl (C=O) groups excluding carboxylic acids is 1. The first-order chi connectivity index (χ1) is 15.1. The van der Waals surface area contributed by atoms with E-state index in [4.69, 9.17) is 4.74 Å². The van der Waals surface area contributed by atoms with Crippen molar-refractivity contribution in [2.45, 2.75) is 20.0 Å². The number of nitrogens with one attached hydrogen (secondary N) is 1. The van der Waals surface area contributed by atoms with Crippen LogP contribution in [0.25, 0.3) is 5.65 Å². The molecule has 3 heterocycles. The number of likely N-dealkylation sites (N-methyl/N-ethyl adjacent to an activating group) is 1. The van der Waals surface area contributed by atoms with Gasteiger partial charge in [-0.2, -0.15) is 0 Å². The Morgan fingerprint density at radius 3 is 2.74 bits per heavy atom. The number of fused-ring (bicyclic) bond motifs is 1. The van der Waals surface area contributed by atoms with Crippen LogP contribution in [0.2, 0.25) is 0 Å². The van der Waals surface area contributed by atoms with Crippen molar-refractivity contribution in [3.8, 4) is 5.75 Å². The number of carbonyl (C=O) groups is 1. The van der Waals surface area contributed by atoms with Crippen LogP contribution in [0.3, 0.4) is 0 Å². The van der Waals surface area contributed by atoms with Crippen molar-refractivity contribution in [3.05, 3.63) is 65.6 Å². The monoisotopic (exact) mass is 421 g/mol. The van der Waals surface area contributed by atoms with E-state index in [0.29, 0.717) is 24.5 Å². The molecule has 0 atom stereocenters. The molecule has 0 spiro atoms. The van der Waals surface area contributed by atoms with Gasteiger partial charge in [0, 0.05) is 45.1 Å². The molecule has 1 saturated heterocycles. The number of benzene rings is 1. The smallest absolute Gasteiger partial charge is 0.255 e. The highest BCUT2D eigenvalue weighted by molar-refractivity contribution is 5.96. The maximum atomic E-state index is 12.7. The van der Waals surface area contributed by atoms with Crippen molar-refractivity contribution in [1.82, 2.24) is 24.5 Å². The predicted octanol–water partition coefficient (Wildman–Crippen LogP) is 2.59. The zero-order valence-electron chi connectivity index (χ0n) is 18.4. The second-order valence-corrected chi connectivity index (χ2v) is 8.24. The molecule has 1 aliphatic heterocycles. The molecule has 1 amide bonds. The van der Waals surface area contributed by atoms with E-state index in [9.17, 15) is 4.79 Å². The summed E-state index contributed by atoms with van der Waals surface area (Å²) >= 11 is 0. The molecule has 1 aromatic carbocycles. The minimum Gasteiger partial charge on any atom is -0.486 e. The summed E-state index contributed by atoms with van der Waals surface area (Å²) in [5, 5.41) is 3.04. The lowest BCUT2D eigenvalue weighted by Crippen LogP contribution is -2.45. The number of ether oxygens (including phenoxy) is 1. The number of imidazole rings is 1. The Morgan fingerprint density at radius 2 is 1.90 bits per heavy atom. The van der Waals surface area contributed by atoms with Gasteiger partial charge in [-0.05, 0) is 50.7 Å². The van der Waals surface area contributed by atoms with Crippen LogP contribution in [-0.2, 0) is 6.61 Å². The number of piperazine rings is 1. The highest BCUT2D eigenvalue weighted by Gasteiger charge is 2.15. The number of rotatable bonds is 8. The highest BCUT2D eigenvalue weighted by Crippen LogP contribution is 2.19. The number of aromatic nitrogens is 2. The Balaban J connectivity index is 1.29. The van der Waals surface area contributed by atoms with Gasteiger partial charge in [0.05, 0.1) is 11.3 Å². The fourth-order valence-electron chi connectivity index (χ4n) is 3.83. The first kappa shape index (κ1) is 21.3. The van der Waals surface area contributed by atoms with Crippen LogP contribution in [0.4, 0.5) is 0 Å². The molecule has 0 saturated carbocycles. The molecule has 2 aromatic heterocycles. The SMILES string of the molecule is Cc1ccc2nc(COc3ccccc3C(=O)NCCCN3CCN(C)CC3)cn2c1. The number of hydrogen-bond donors (Lipinski definition) is 1. The molecule has 164 valence electrons. The van der Waals surface area contributed by atoms with E-state index >= 15 is 0 Å². The molecule has 1 N–H and O–H groups in total. The molecule has 3 aromatic rings. The summed E-state index contributed by atoms with van der Waals surface area (Å²) < 4.78 is 7.96. The Morgan fingerprint density at radius 1 is 1.10 bits per heavy atom. The van der Waals surface area contributed by atoms with E-state index in [-0.39, 0.29) is 5.91 Å². The van der Waals surface area contributed by atoms with Crippen molar-refractivity contribution in [2.24, 2.45) is 0 Å². The summed E-state index contributed by atoms with van der Waals surface area (Å²) in [6.07, 6.45) is 4.94. The van der Waals surface area contributed by atoms with Crippen LogP contribution in [-0.4, -0.2) is 71.4 Å². The number of hydrogen-bond acceptors (Lipinski definition) is 5. The average Bonchev–Trinajstić information content (AvgIpc) is 3.18. The summed E-state index contributed by atoms with van der Waals surface area (Å²) in [7, 11) is 2.16. The number of pyridine rings is 1. The van der Waals surface area contributed by atoms with Crippen LogP contribution in [0.15, 0.2) is 48.8 Å². The van der Waals surface area contributed by atoms with Crippen molar-refractivity contribution in [3.63, 3.8) is 0 Å². The molecule has 1 aliphatic rings. The fraction of sp³-hybridized carbons (Fsp3) is 0.417. The third-order valence-corrected chi connectivity index (χ3v) is 5.69. The van der Waals surface area contributed by atoms with Crippen LogP contribution in [0.1, 0.15) is 28.0 Å². The molecule has 7 nitrogen and oxygen atoms in total. The van der Waals surface area contributed by atoms with Gasteiger partial charge in [-0.15, -0.1) is 0 Å². The summed E-state index contributed by atoms with van der Waals surface area (Å²) in [6, 6.07) is 11.4. The number of amides is 1. The van der Waals surface area contributed by atoms with Crippen LogP contribution in [0, 0.1) is 6.92 Å². The Hall–Kier alpha value is -2.90. The zero-order chi connectivity index (χ0) is 21.6. The van der Waals surface area contributed by atoms with E-state index in [1.165, 1.54) is 5.56 Å². The van der Waals surface area contributed by atoms with Gasteiger partial charge in [-0.25, -0.2) is 4.98 Å². The summed E-state index contributed by atoms with van der Waals surface area (Å²) in [5.41, 5.74) is 3.44. The fourth-order valence-corrected chi connectivity index (χ4v) is 3.83. The minimum absolute atomic E-state index is 0.0976. The topological polar surface area (TPSA) is 62.1 Å². The second-order valence-electron chi connectivity index (χ2n) is 8.24. The Labute approximate surface area is 183 Å². The first-order valence-corrected chi connectivity index (χ1v) is 10.9. The second kappa shape index (κ2) is 9.94. The molecule has 31 heavy (non-hydrogen) atoms. The van der Waals surface area contributed by atoms with Crippen LogP contribution >= 0.6 is 0 Å². The van der Waals surface area contributed by atoms with E-state index < -0.39 is 0 Å². The number of nitrogens with zero attached hydrogens (tertiary/aromatic N) is 4. The van der Waals surface area contributed by atoms with Gasteiger partial charge in [0.25, 0.3) is 5.91 Å². The maximum absolute atomic E-state index is 12.7. The Kier molecular flexibility index (Phi) is 6.84. The van der Waals surface area contributed by atoms with Crippen LogP contribution in [0.5, 0.6) is 5.75 Å². The number of aryl methyl sites for hydroxylation is 1. The molecule has 1 fully saturated rings. The molecule has 0 aliphatic carbocycles. The predicted molar refractivity (Wildman–Crippen MR) is 122 cm³/mol. The maximum Gasteiger partial charge on any atom is 0.255 e. The van der Waals surface area contributed by atoms with Gasteiger partial charge in [0.2, 0.25) is 0 Å². The average molecular weight is 422 g/mol. The van der Waals surface area contributed by atoms with Crippen LogP contribution < -0.4 is 10.1 Å². The third kappa shape index (κ3) is 5.62. The molecule has 4 rings (SSSR count). The van der Waals surface area contributed by atoms with Gasteiger partial charge in [0.1, 0.15) is 18.0 Å².